The molecule has 0 aromatic heterocycles. The molecule has 0 aliphatic heterocycles. The Balaban J connectivity index is 2.93. The van der Waals surface area contributed by atoms with Crippen molar-refractivity contribution in [1.82, 2.24) is 5.32 Å². The lowest BCUT2D eigenvalue weighted by Crippen LogP contribution is -2.42. The molecule has 0 unspecified atom stereocenters. The van der Waals surface area contributed by atoms with E-state index in [1.807, 2.05) is 0 Å². The summed E-state index contributed by atoms with van der Waals surface area (Å²) in [5.41, 5.74) is -1.36. The molecule has 0 radical (unpaired) electrons. The highest BCUT2D eigenvalue weighted by Crippen LogP contribution is 2.19. The molecule has 1 N–H and O–H groups in total. The Bertz CT molecular complexity index is 677. The number of nitrogens with zero attached hydrogens (tertiary/aromatic N) is 1. The molecule has 1 aromatic carbocycles. The lowest BCUT2D eigenvalue weighted by molar-refractivity contribution is -0.384. The van der Waals surface area contributed by atoms with Gasteiger partial charge in [-0.25, -0.2) is 9.59 Å². The van der Waals surface area contributed by atoms with Crippen LogP contribution in [0.4, 0.5) is 5.69 Å². The number of carbonyl (C=O) groups is 3. The molecule has 0 fully saturated rings. The van der Waals surface area contributed by atoms with E-state index in [2.05, 4.69) is 10.1 Å². The van der Waals surface area contributed by atoms with Crippen molar-refractivity contribution in [2.45, 2.75) is 26.3 Å². The van der Waals surface area contributed by atoms with Gasteiger partial charge in [0.2, 0.25) is 0 Å². The van der Waals surface area contributed by atoms with Crippen molar-refractivity contribution >= 4 is 23.5 Å². The van der Waals surface area contributed by atoms with Crippen molar-refractivity contribution in [3.8, 4) is 0 Å². The molecular weight excluding hydrogens is 320 g/mol. The van der Waals surface area contributed by atoms with Crippen molar-refractivity contribution in [2.24, 2.45) is 0 Å². The van der Waals surface area contributed by atoms with Crippen LogP contribution in [0.5, 0.6) is 0 Å². The zero-order valence-corrected chi connectivity index (χ0v) is 13.7. The smallest absolute Gasteiger partial charge is 0.338 e. The third-order valence-corrected chi connectivity index (χ3v) is 2.63. The van der Waals surface area contributed by atoms with Gasteiger partial charge in [-0.15, -0.1) is 0 Å². The van der Waals surface area contributed by atoms with Crippen molar-refractivity contribution < 1.29 is 28.8 Å². The van der Waals surface area contributed by atoms with E-state index >= 15 is 0 Å². The lowest BCUT2D eigenvalue weighted by atomic mass is 10.1. The lowest BCUT2D eigenvalue weighted by Gasteiger charge is -2.20. The number of methoxy groups -OCH3 is 1. The number of amides is 1. The number of benzene rings is 1. The average Bonchev–Trinajstić information content (AvgIpc) is 2.49. The summed E-state index contributed by atoms with van der Waals surface area (Å²) in [6.45, 7) is 4.73. The van der Waals surface area contributed by atoms with Crippen LogP contribution in [0.25, 0.3) is 0 Å². The molecule has 1 aromatic rings. The Kier molecular flexibility index (Phi) is 5.99. The second-order valence-electron chi connectivity index (χ2n) is 5.89. The van der Waals surface area contributed by atoms with E-state index in [4.69, 9.17) is 4.74 Å². The van der Waals surface area contributed by atoms with E-state index in [1.165, 1.54) is 0 Å². The number of hydrogen-bond acceptors (Lipinski definition) is 7. The summed E-state index contributed by atoms with van der Waals surface area (Å²) < 4.78 is 9.29. The van der Waals surface area contributed by atoms with Gasteiger partial charge in [-0.3, -0.25) is 14.9 Å². The van der Waals surface area contributed by atoms with Gasteiger partial charge in [0.05, 0.1) is 23.2 Å². The number of nitrogens with one attached hydrogen (secondary N) is 1. The first kappa shape index (κ1) is 19.1. The molecule has 24 heavy (non-hydrogen) atoms. The van der Waals surface area contributed by atoms with Crippen LogP contribution in [0.15, 0.2) is 18.2 Å². The van der Waals surface area contributed by atoms with Gasteiger partial charge in [0, 0.05) is 17.7 Å². The number of ether oxygens (including phenoxy) is 2. The monoisotopic (exact) mass is 338 g/mol. The molecule has 0 heterocycles. The fourth-order valence-electron chi connectivity index (χ4n) is 1.74. The first-order chi connectivity index (χ1) is 11.0. The fraction of sp³-hybridized carbons (Fsp3) is 0.400. The summed E-state index contributed by atoms with van der Waals surface area (Å²) in [6.07, 6.45) is 0. The minimum atomic E-state index is -0.965. The quantitative estimate of drug-likeness (QED) is 0.489. The second kappa shape index (κ2) is 7.53. The highest BCUT2D eigenvalue weighted by molar-refractivity contribution is 5.97. The van der Waals surface area contributed by atoms with Gasteiger partial charge in [0.1, 0.15) is 0 Å². The summed E-state index contributed by atoms with van der Waals surface area (Å²) in [6, 6.07) is 3.04. The summed E-state index contributed by atoms with van der Waals surface area (Å²) in [5.74, 6) is -2.32. The maximum atomic E-state index is 12.0. The maximum Gasteiger partial charge on any atom is 0.338 e. The van der Waals surface area contributed by atoms with Crippen LogP contribution in [0.1, 0.15) is 41.5 Å². The standard InChI is InChI=1S/C15H18N2O7/c1-15(2,3)16-12(18)8-24-14(20)10-5-9(13(19)23-4)6-11(7-10)17(21)22/h5-7H,8H2,1-4H3,(H,16,18). The molecule has 130 valence electrons. The van der Waals surface area contributed by atoms with Crippen molar-refractivity contribution in [3.05, 3.63) is 39.4 Å². The number of nitro groups is 1. The van der Waals surface area contributed by atoms with Crippen LogP contribution in [0.3, 0.4) is 0 Å². The second-order valence-corrected chi connectivity index (χ2v) is 5.89. The van der Waals surface area contributed by atoms with Gasteiger partial charge in [0.15, 0.2) is 6.61 Å². The summed E-state index contributed by atoms with van der Waals surface area (Å²) >= 11 is 0. The Morgan fingerprint density at radius 3 is 2.12 bits per heavy atom. The largest absolute Gasteiger partial charge is 0.465 e. The van der Waals surface area contributed by atoms with Gasteiger partial charge >= 0.3 is 11.9 Å². The van der Waals surface area contributed by atoms with Gasteiger partial charge < -0.3 is 14.8 Å². The molecule has 0 aliphatic carbocycles. The van der Waals surface area contributed by atoms with Crippen LogP contribution < -0.4 is 5.32 Å². The van der Waals surface area contributed by atoms with Gasteiger partial charge in [-0.05, 0) is 26.8 Å². The van der Waals surface area contributed by atoms with Crippen LogP contribution in [-0.4, -0.2) is 42.0 Å². The first-order valence-electron chi connectivity index (χ1n) is 6.89. The summed E-state index contributed by atoms with van der Waals surface area (Å²) in [4.78, 5) is 45.3. The zero-order valence-electron chi connectivity index (χ0n) is 13.7. The van der Waals surface area contributed by atoms with E-state index in [9.17, 15) is 24.5 Å². The molecule has 0 bridgehead atoms. The number of hydrogen-bond donors (Lipinski definition) is 1. The minimum absolute atomic E-state index is 0.169. The van der Waals surface area contributed by atoms with E-state index in [-0.39, 0.29) is 11.1 Å². The fourth-order valence-corrected chi connectivity index (χ4v) is 1.74. The first-order valence-corrected chi connectivity index (χ1v) is 6.89. The number of nitro benzene ring substituents is 1. The normalized spacial score (nSPS) is 10.7. The van der Waals surface area contributed by atoms with Crippen molar-refractivity contribution in [1.29, 1.82) is 0 Å². The SMILES string of the molecule is COC(=O)c1cc(C(=O)OCC(=O)NC(C)(C)C)cc([N+](=O)[O-])c1. The van der Waals surface area contributed by atoms with Gasteiger partial charge in [-0.1, -0.05) is 0 Å². The summed E-state index contributed by atoms with van der Waals surface area (Å²) in [7, 11) is 1.11. The third kappa shape index (κ3) is 5.67. The molecule has 0 aliphatic rings. The molecule has 1 rings (SSSR count). The molecular formula is C15H18N2O7. The maximum absolute atomic E-state index is 12.0. The molecule has 0 spiro atoms. The van der Waals surface area contributed by atoms with E-state index in [1.54, 1.807) is 20.8 Å². The van der Waals surface area contributed by atoms with Crippen LogP contribution in [0, 0.1) is 10.1 Å². The van der Waals surface area contributed by atoms with Crippen LogP contribution in [-0.2, 0) is 14.3 Å². The molecule has 9 heteroatoms. The van der Waals surface area contributed by atoms with Crippen molar-refractivity contribution in [2.75, 3.05) is 13.7 Å². The Morgan fingerprint density at radius 2 is 1.67 bits per heavy atom. The van der Waals surface area contributed by atoms with E-state index < -0.39 is 40.6 Å². The van der Waals surface area contributed by atoms with E-state index in [0.29, 0.717) is 0 Å². The van der Waals surface area contributed by atoms with Crippen molar-refractivity contribution in [3.63, 3.8) is 0 Å². The molecule has 0 atom stereocenters. The molecule has 0 saturated heterocycles. The number of carbonyl (C=O) groups excluding carboxylic acids is 3. The third-order valence-electron chi connectivity index (χ3n) is 2.63. The topological polar surface area (TPSA) is 125 Å². The predicted molar refractivity (Wildman–Crippen MR) is 82.6 cm³/mol. The molecule has 9 nitrogen and oxygen atoms in total. The number of esters is 2. The Hall–Kier alpha value is -2.97. The van der Waals surface area contributed by atoms with Gasteiger partial charge in [-0.2, -0.15) is 0 Å². The minimum Gasteiger partial charge on any atom is -0.465 e. The number of rotatable bonds is 5. The summed E-state index contributed by atoms with van der Waals surface area (Å²) in [5, 5.41) is 13.5. The highest BCUT2D eigenvalue weighted by atomic mass is 16.6. The number of non-ortho nitro benzene ring substituents is 1. The molecule has 0 saturated carbocycles. The average molecular weight is 338 g/mol. The van der Waals surface area contributed by atoms with Crippen LogP contribution in [0.2, 0.25) is 0 Å². The predicted octanol–water partition coefficient (Wildman–Crippen LogP) is 1.45. The van der Waals surface area contributed by atoms with Crippen LogP contribution >= 0.6 is 0 Å². The highest BCUT2D eigenvalue weighted by Gasteiger charge is 2.20. The van der Waals surface area contributed by atoms with E-state index in [0.717, 1.165) is 25.3 Å². The Morgan fingerprint density at radius 1 is 1.12 bits per heavy atom. The molecule has 1 amide bonds. The Labute approximate surface area is 138 Å². The zero-order chi connectivity index (χ0) is 18.5. The van der Waals surface area contributed by atoms with Gasteiger partial charge in [0.25, 0.3) is 11.6 Å².